The van der Waals surface area contributed by atoms with E-state index in [0.29, 0.717) is 13.0 Å². The zero-order valence-corrected chi connectivity index (χ0v) is 41.1. The molecule has 360 valence electrons. The van der Waals surface area contributed by atoms with Crippen LogP contribution in [0.15, 0.2) is 0 Å². The van der Waals surface area contributed by atoms with Crippen LogP contribution >= 0.6 is 7.82 Å². The summed E-state index contributed by atoms with van der Waals surface area (Å²) in [6.07, 6.45) is 54.4. The van der Waals surface area contributed by atoms with E-state index < -0.39 is 13.9 Å². The Kier molecular flexibility index (Phi) is 49.1. The number of carbonyl (C=O) groups excluding carboxylic acids is 1. The van der Waals surface area contributed by atoms with Crippen molar-refractivity contribution in [1.82, 2.24) is 0 Å². The molecule has 0 aliphatic heterocycles. The number of esters is 1. The molecular formula is C51H104NO7P. The van der Waals surface area contributed by atoms with Crippen molar-refractivity contribution in [3.05, 3.63) is 0 Å². The number of ether oxygens (including phenoxy) is 2. The third kappa shape index (κ3) is 48.5. The second-order valence-corrected chi connectivity index (χ2v) is 19.6. The van der Waals surface area contributed by atoms with Crippen molar-refractivity contribution < 1.29 is 32.8 Å². The van der Waals surface area contributed by atoms with Gasteiger partial charge in [0.25, 0.3) is 0 Å². The van der Waals surface area contributed by atoms with E-state index in [4.69, 9.17) is 24.3 Å². The van der Waals surface area contributed by atoms with Crippen LogP contribution < -0.4 is 5.73 Å². The van der Waals surface area contributed by atoms with Gasteiger partial charge in [-0.1, -0.05) is 264 Å². The molecule has 0 saturated heterocycles. The molecule has 0 saturated carbocycles. The number of carbonyl (C=O) groups is 1. The van der Waals surface area contributed by atoms with Gasteiger partial charge in [0.05, 0.1) is 19.8 Å². The van der Waals surface area contributed by atoms with Gasteiger partial charge in [0, 0.05) is 19.6 Å². The minimum absolute atomic E-state index is 0.0899. The number of nitrogens with two attached hydrogens (primary N) is 1. The maximum absolute atomic E-state index is 12.6. The predicted octanol–water partition coefficient (Wildman–Crippen LogP) is 16.4. The van der Waals surface area contributed by atoms with E-state index in [2.05, 4.69) is 13.8 Å². The summed E-state index contributed by atoms with van der Waals surface area (Å²) < 4.78 is 33.5. The quantitative estimate of drug-likeness (QED) is 0.0352. The monoisotopic (exact) mass is 874 g/mol. The lowest BCUT2D eigenvalue weighted by molar-refractivity contribution is -0.154. The van der Waals surface area contributed by atoms with Crippen LogP contribution in [0.2, 0.25) is 0 Å². The fraction of sp³-hybridized carbons (Fsp3) is 0.980. The summed E-state index contributed by atoms with van der Waals surface area (Å²) in [7, 11) is -4.27. The SMILES string of the molecule is CCCCCCCCCCCCCCCCCCCCCCCCCCCCCCCC(=O)O[C@H](COCCCCCCCCCCCCCC)COP(=O)(O)OCCN. The molecule has 0 aliphatic rings. The molecule has 8 nitrogen and oxygen atoms in total. The number of phosphoric ester groups is 1. The van der Waals surface area contributed by atoms with Gasteiger partial charge in [-0.25, -0.2) is 4.57 Å². The normalized spacial score (nSPS) is 13.2. The smallest absolute Gasteiger partial charge is 0.457 e. The summed E-state index contributed by atoms with van der Waals surface area (Å²) in [5, 5.41) is 0. The van der Waals surface area contributed by atoms with Gasteiger partial charge >= 0.3 is 13.8 Å². The molecule has 0 fully saturated rings. The molecule has 0 spiro atoms. The summed E-state index contributed by atoms with van der Waals surface area (Å²) in [6, 6.07) is 0. The summed E-state index contributed by atoms with van der Waals surface area (Å²) in [6.45, 7) is 5.00. The van der Waals surface area contributed by atoms with Crippen LogP contribution in [0.4, 0.5) is 0 Å². The number of rotatable bonds is 52. The molecule has 0 radical (unpaired) electrons. The molecule has 60 heavy (non-hydrogen) atoms. The number of unbranched alkanes of at least 4 members (excludes halogenated alkanes) is 39. The van der Waals surface area contributed by atoms with Crippen molar-refractivity contribution in [3.63, 3.8) is 0 Å². The molecule has 0 aromatic heterocycles. The number of hydrogen-bond acceptors (Lipinski definition) is 7. The highest BCUT2D eigenvalue weighted by atomic mass is 31.2. The largest absolute Gasteiger partial charge is 0.472 e. The molecule has 0 aliphatic carbocycles. The molecule has 0 aromatic rings. The van der Waals surface area contributed by atoms with Crippen molar-refractivity contribution in [2.24, 2.45) is 5.73 Å². The van der Waals surface area contributed by atoms with Gasteiger partial charge in [0.2, 0.25) is 0 Å². The van der Waals surface area contributed by atoms with E-state index in [1.54, 1.807) is 0 Å². The molecule has 0 bridgehead atoms. The van der Waals surface area contributed by atoms with Gasteiger partial charge in [-0.15, -0.1) is 0 Å². The van der Waals surface area contributed by atoms with Gasteiger partial charge in [0.15, 0.2) is 0 Å². The average Bonchev–Trinajstić information content (AvgIpc) is 3.24. The van der Waals surface area contributed by atoms with Crippen LogP contribution in [-0.4, -0.2) is 49.9 Å². The summed E-state index contributed by atoms with van der Waals surface area (Å²) in [5.41, 5.74) is 5.38. The number of phosphoric acid groups is 1. The second-order valence-electron chi connectivity index (χ2n) is 18.1. The standard InChI is InChI=1S/C51H104NO7P/c1-3-5-7-9-11-13-15-17-18-19-20-21-22-23-24-25-26-27-28-29-30-31-32-33-34-36-38-40-42-44-51(53)59-50(49-58-60(54,55)57-47-45-52)48-56-46-43-41-39-37-35-16-14-12-10-8-6-4-2/h50H,3-49,52H2,1-2H3,(H,54,55)/t50-/m1/s1. The summed E-state index contributed by atoms with van der Waals surface area (Å²) in [5.74, 6) is -0.321. The van der Waals surface area contributed by atoms with Crippen LogP contribution in [0, 0.1) is 0 Å². The third-order valence-corrected chi connectivity index (χ3v) is 13.0. The Morgan fingerprint density at radius 1 is 0.433 bits per heavy atom. The van der Waals surface area contributed by atoms with Crippen LogP contribution in [0.1, 0.15) is 284 Å². The third-order valence-electron chi connectivity index (χ3n) is 12.0. The van der Waals surface area contributed by atoms with Crippen LogP contribution in [0.5, 0.6) is 0 Å². The average molecular weight is 874 g/mol. The van der Waals surface area contributed by atoms with Crippen LogP contribution in [0.25, 0.3) is 0 Å². The second kappa shape index (κ2) is 49.5. The molecule has 0 amide bonds. The van der Waals surface area contributed by atoms with Gasteiger partial charge in [-0.2, -0.15) is 0 Å². The Morgan fingerprint density at radius 3 is 1.05 bits per heavy atom. The predicted molar refractivity (Wildman–Crippen MR) is 257 cm³/mol. The van der Waals surface area contributed by atoms with Gasteiger partial charge in [-0.05, 0) is 12.8 Å². The molecule has 1 unspecified atom stereocenters. The molecule has 0 heterocycles. The molecule has 0 rings (SSSR count). The lowest BCUT2D eigenvalue weighted by atomic mass is 10.0. The van der Waals surface area contributed by atoms with Gasteiger partial charge < -0.3 is 20.1 Å². The summed E-state index contributed by atoms with van der Waals surface area (Å²) >= 11 is 0. The van der Waals surface area contributed by atoms with E-state index in [-0.39, 0.29) is 32.3 Å². The van der Waals surface area contributed by atoms with E-state index in [0.717, 1.165) is 32.1 Å². The minimum Gasteiger partial charge on any atom is -0.457 e. The van der Waals surface area contributed by atoms with E-state index in [1.165, 1.54) is 231 Å². The maximum atomic E-state index is 12.6. The first-order chi connectivity index (χ1) is 29.4. The zero-order chi connectivity index (χ0) is 43.7. The highest BCUT2D eigenvalue weighted by Crippen LogP contribution is 2.43. The Bertz CT molecular complexity index is 894. The molecular weight excluding hydrogens is 770 g/mol. The lowest BCUT2D eigenvalue weighted by Gasteiger charge is -2.20. The fourth-order valence-electron chi connectivity index (χ4n) is 8.12. The van der Waals surface area contributed by atoms with Crippen molar-refractivity contribution in [2.45, 2.75) is 290 Å². The maximum Gasteiger partial charge on any atom is 0.472 e. The first kappa shape index (κ1) is 59.5. The lowest BCUT2D eigenvalue weighted by Crippen LogP contribution is -2.28. The Morgan fingerprint density at radius 2 is 0.733 bits per heavy atom. The van der Waals surface area contributed by atoms with E-state index >= 15 is 0 Å². The highest BCUT2D eigenvalue weighted by Gasteiger charge is 2.25. The highest BCUT2D eigenvalue weighted by molar-refractivity contribution is 7.47. The van der Waals surface area contributed by atoms with Crippen molar-refractivity contribution in [3.8, 4) is 0 Å². The Labute approximate surface area is 373 Å². The van der Waals surface area contributed by atoms with Crippen LogP contribution in [0.3, 0.4) is 0 Å². The first-order valence-corrected chi connectivity index (χ1v) is 28.0. The van der Waals surface area contributed by atoms with Crippen molar-refractivity contribution >= 4 is 13.8 Å². The Hall–Kier alpha value is -0.500. The summed E-state index contributed by atoms with van der Waals surface area (Å²) in [4.78, 5) is 22.6. The molecule has 2 atom stereocenters. The Balaban J connectivity index is 3.74. The topological polar surface area (TPSA) is 117 Å². The molecule has 3 N–H and O–H groups in total. The molecule has 9 heteroatoms. The number of hydrogen-bond donors (Lipinski definition) is 2. The first-order valence-electron chi connectivity index (χ1n) is 26.5. The van der Waals surface area contributed by atoms with Gasteiger partial charge in [0.1, 0.15) is 6.10 Å². The van der Waals surface area contributed by atoms with E-state index in [9.17, 15) is 14.3 Å². The van der Waals surface area contributed by atoms with E-state index in [1.807, 2.05) is 0 Å². The molecule has 0 aromatic carbocycles. The van der Waals surface area contributed by atoms with Crippen LogP contribution in [-0.2, 0) is 27.9 Å². The zero-order valence-electron chi connectivity index (χ0n) is 40.2. The van der Waals surface area contributed by atoms with Crippen molar-refractivity contribution in [1.29, 1.82) is 0 Å². The van der Waals surface area contributed by atoms with Gasteiger partial charge in [-0.3, -0.25) is 13.8 Å². The minimum atomic E-state index is -4.27. The van der Waals surface area contributed by atoms with Crippen molar-refractivity contribution in [2.75, 3.05) is 33.0 Å². The fourth-order valence-corrected chi connectivity index (χ4v) is 8.88.